The maximum absolute atomic E-state index is 12.3. The number of hydrogen-bond donors (Lipinski definition) is 2. The minimum absolute atomic E-state index is 0.0615. The molecule has 2 N–H and O–H groups in total. The van der Waals surface area contributed by atoms with Gasteiger partial charge in [0.1, 0.15) is 5.69 Å². The van der Waals surface area contributed by atoms with Crippen LogP contribution in [0.15, 0.2) is 30.5 Å². The summed E-state index contributed by atoms with van der Waals surface area (Å²) in [6.45, 7) is 5.29. The van der Waals surface area contributed by atoms with Crippen LogP contribution in [0.3, 0.4) is 0 Å². The van der Waals surface area contributed by atoms with Crippen LogP contribution in [-0.2, 0) is 27.9 Å². The standard InChI is InChI=1S/C21H21N5O3S/c1-12-18(13(2)26-8-7-22-20(27)19(12)26)17-5-6-23-21(25-17)24-16-4-3-14-10-30(28,29)11-15(14)9-16/h3-6,9H,7-8,10-11H2,1-2H3,(H,22,27)(H,23,24,25). The minimum Gasteiger partial charge on any atom is -0.349 e. The fourth-order valence-electron chi connectivity index (χ4n) is 4.40. The fourth-order valence-corrected chi connectivity index (χ4v) is 6.00. The van der Waals surface area contributed by atoms with Gasteiger partial charge in [-0.15, -0.1) is 0 Å². The first kappa shape index (κ1) is 18.8. The number of amides is 1. The van der Waals surface area contributed by atoms with E-state index < -0.39 is 9.84 Å². The van der Waals surface area contributed by atoms with E-state index in [-0.39, 0.29) is 17.4 Å². The topological polar surface area (TPSA) is 106 Å². The van der Waals surface area contributed by atoms with Crippen molar-refractivity contribution < 1.29 is 13.2 Å². The third-order valence-corrected chi connectivity index (χ3v) is 7.23. The number of benzene rings is 1. The Balaban J connectivity index is 1.49. The summed E-state index contributed by atoms with van der Waals surface area (Å²) in [5.41, 5.74) is 6.66. The van der Waals surface area contributed by atoms with Gasteiger partial charge in [-0.25, -0.2) is 18.4 Å². The van der Waals surface area contributed by atoms with Crippen molar-refractivity contribution in [3.8, 4) is 11.3 Å². The molecular weight excluding hydrogens is 402 g/mol. The van der Waals surface area contributed by atoms with Gasteiger partial charge in [-0.05, 0) is 48.7 Å². The molecule has 0 saturated heterocycles. The van der Waals surface area contributed by atoms with E-state index in [4.69, 9.17) is 0 Å². The number of hydrogen-bond acceptors (Lipinski definition) is 6. The van der Waals surface area contributed by atoms with Crippen molar-refractivity contribution in [1.82, 2.24) is 19.9 Å². The molecule has 0 unspecified atom stereocenters. The highest BCUT2D eigenvalue weighted by Gasteiger charge is 2.27. The third kappa shape index (κ3) is 3.06. The molecule has 154 valence electrons. The first-order valence-corrected chi connectivity index (χ1v) is 11.5. The average molecular weight is 423 g/mol. The molecule has 30 heavy (non-hydrogen) atoms. The highest BCUT2D eigenvalue weighted by atomic mass is 32.2. The van der Waals surface area contributed by atoms with Gasteiger partial charge in [0, 0.05) is 36.2 Å². The van der Waals surface area contributed by atoms with Crippen LogP contribution in [0.4, 0.5) is 11.6 Å². The highest BCUT2D eigenvalue weighted by molar-refractivity contribution is 7.90. The molecule has 0 aliphatic carbocycles. The lowest BCUT2D eigenvalue weighted by Crippen LogP contribution is -2.35. The summed E-state index contributed by atoms with van der Waals surface area (Å²) in [5, 5.41) is 6.07. The Morgan fingerprint density at radius 3 is 2.73 bits per heavy atom. The normalized spacial score (nSPS) is 16.7. The van der Waals surface area contributed by atoms with Gasteiger partial charge >= 0.3 is 0 Å². The molecule has 9 heteroatoms. The molecule has 1 aromatic carbocycles. The Bertz CT molecular complexity index is 1310. The van der Waals surface area contributed by atoms with Crippen LogP contribution in [0.5, 0.6) is 0 Å². The summed E-state index contributed by atoms with van der Waals surface area (Å²) in [6.07, 6.45) is 1.68. The number of fused-ring (bicyclic) bond motifs is 2. The van der Waals surface area contributed by atoms with Gasteiger partial charge in [0.2, 0.25) is 5.95 Å². The number of sulfone groups is 1. The summed E-state index contributed by atoms with van der Waals surface area (Å²) in [6, 6.07) is 7.35. The molecule has 2 aromatic heterocycles. The van der Waals surface area contributed by atoms with Gasteiger partial charge in [0.25, 0.3) is 5.91 Å². The van der Waals surface area contributed by atoms with E-state index in [1.807, 2.05) is 42.7 Å². The average Bonchev–Trinajstić information content (AvgIpc) is 3.14. The third-order valence-electron chi connectivity index (χ3n) is 5.73. The molecule has 0 saturated carbocycles. The Labute approximate surface area is 174 Å². The molecule has 5 rings (SSSR count). The lowest BCUT2D eigenvalue weighted by atomic mass is 10.1. The van der Waals surface area contributed by atoms with E-state index in [2.05, 4.69) is 20.6 Å². The predicted octanol–water partition coefficient (Wildman–Crippen LogP) is 2.48. The molecule has 0 atom stereocenters. The molecule has 2 aliphatic heterocycles. The molecule has 0 fully saturated rings. The Hall–Kier alpha value is -3.20. The zero-order valence-electron chi connectivity index (χ0n) is 16.7. The maximum atomic E-state index is 12.3. The van der Waals surface area contributed by atoms with Crippen LogP contribution < -0.4 is 10.6 Å². The SMILES string of the molecule is Cc1c(-c2ccnc(Nc3ccc4c(c3)CS(=O)(=O)C4)n2)c(C)n2c1C(=O)NCC2. The van der Waals surface area contributed by atoms with E-state index in [1.165, 1.54) is 0 Å². The monoisotopic (exact) mass is 423 g/mol. The highest BCUT2D eigenvalue weighted by Crippen LogP contribution is 2.33. The van der Waals surface area contributed by atoms with E-state index in [0.717, 1.165) is 45.9 Å². The molecule has 0 radical (unpaired) electrons. The number of carbonyl (C=O) groups excluding carboxylic acids is 1. The van der Waals surface area contributed by atoms with Gasteiger partial charge in [0.05, 0.1) is 17.2 Å². The first-order chi connectivity index (χ1) is 14.3. The number of anilines is 2. The number of rotatable bonds is 3. The zero-order valence-corrected chi connectivity index (χ0v) is 17.5. The Morgan fingerprint density at radius 2 is 1.93 bits per heavy atom. The lowest BCUT2D eigenvalue weighted by molar-refractivity contribution is 0.0926. The van der Waals surface area contributed by atoms with Gasteiger partial charge < -0.3 is 15.2 Å². The molecule has 8 nitrogen and oxygen atoms in total. The van der Waals surface area contributed by atoms with Crippen LogP contribution in [-0.4, -0.2) is 35.4 Å². The lowest BCUT2D eigenvalue weighted by Gasteiger charge is -2.17. The van der Waals surface area contributed by atoms with Gasteiger partial charge in [-0.3, -0.25) is 4.79 Å². The summed E-state index contributed by atoms with van der Waals surface area (Å²) in [4.78, 5) is 21.3. The Kier molecular flexibility index (Phi) is 4.18. The number of carbonyl (C=O) groups is 1. The first-order valence-electron chi connectivity index (χ1n) is 9.73. The minimum atomic E-state index is -3.05. The molecule has 0 bridgehead atoms. The fraction of sp³-hybridized carbons (Fsp3) is 0.286. The maximum Gasteiger partial charge on any atom is 0.268 e. The Morgan fingerprint density at radius 1 is 1.13 bits per heavy atom. The second kappa shape index (κ2) is 6.66. The van der Waals surface area contributed by atoms with Crippen molar-refractivity contribution in [3.63, 3.8) is 0 Å². The van der Waals surface area contributed by atoms with E-state index >= 15 is 0 Å². The van der Waals surface area contributed by atoms with Crippen molar-refractivity contribution in [1.29, 1.82) is 0 Å². The number of nitrogens with one attached hydrogen (secondary N) is 2. The van der Waals surface area contributed by atoms with Crippen LogP contribution in [0.25, 0.3) is 11.3 Å². The van der Waals surface area contributed by atoms with E-state index in [9.17, 15) is 13.2 Å². The largest absolute Gasteiger partial charge is 0.349 e. The molecule has 4 heterocycles. The van der Waals surface area contributed by atoms with Crippen molar-refractivity contribution in [3.05, 3.63) is 58.5 Å². The predicted molar refractivity (Wildman–Crippen MR) is 113 cm³/mol. The van der Waals surface area contributed by atoms with Crippen molar-refractivity contribution >= 4 is 27.4 Å². The van der Waals surface area contributed by atoms with Gasteiger partial charge in [-0.2, -0.15) is 0 Å². The zero-order chi connectivity index (χ0) is 21.0. The molecule has 1 amide bonds. The summed E-state index contributed by atoms with van der Waals surface area (Å²) in [7, 11) is -3.05. The molecule has 2 aliphatic rings. The molecule has 3 aromatic rings. The second-order valence-corrected chi connectivity index (χ2v) is 9.81. The van der Waals surface area contributed by atoms with Crippen LogP contribution in [0.1, 0.15) is 32.9 Å². The van der Waals surface area contributed by atoms with Crippen molar-refractivity contribution in [2.24, 2.45) is 0 Å². The van der Waals surface area contributed by atoms with Crippen molar-refractivity contribution in [2.75, 3.05) is 11.9 Å². The second-order valence-electron chi connectivity index (χ2n) is 7.75. The summed E-state index contributed by atoms with van der Waals surface area (Å²) in [5.74, 6) is 0.518. The van der Waals surface area contributed by atoms with Crippen LogP contribution in [0, 0.1) is 13.8 Å². The van der Waals surface area contributed by atoms with E-state index in [1.54, 1.807) is 6.20 Å². The number of nitrogens with zero attached hydrogens (tertiary/aromatic N) is 3. The summed E-state index contributed by atoms with van der Waals surface area (Å²) >= 11 is 0. The summed E-state index contributed by atoms with van der Waals surface area (Å²) < 4.78 is 25.7. The molecule has 0 spiro atoms. The quantitative estimate of drug-likeness (QED) is 0.670. The van der Waals surface area contributed by atoms with E-state index in [0.29, 0.717) is 18.2 Å². The van der Waals surface area contributed by atoms with Crippen molar-refractivity contribution in [2.45, 2.75) is 31.9 Å². The number of aromatic nitrogens is 3. The van der Waals surface area contributed by atoms with Crippen LogP contribution in [0.2, 0.25) is 0 Å². The van der Waals surface area contributed by atoms with Gasteiger partial charge in [-0.1, -0.05) is 6.07 Å². The van der Waals surface area contributed by atoms with Crippen LogP contribution >= 0.6 is 0 Å². The smallest absolute Gasteiger partial charge is 0.268 e. The van der Waals surface area contributed by atoms with Gasteiger partial charge in [0.15, 0.2) is 9.84 Å². The molecular formula is C21H21N5O3S.